The van der Waals surface area contributed by atoms with E-state index in [9.17, 15) is 4.79 Å². The quantitative estimate of drug-likeness (QED) is 0.191. The van der Waals surface area contributed by atoms with Gasteiger partial charge in [0.1, 0.15) is 12.3 Å². The highest BCUT2D eigenvalue weighted by molar-refractivity contribution is 14.0. The molecule has 0 saturated carbocycles. The predicted octanol–water partition coefficient (Wildman–Crippen LogP) is 1.94. The van der Waals surface area contributed by atoms with E-state index in [2.05, 4.69) is 27.4 Å². The summed E-state index contributed by atoms with van der Waals surface area (Å²) in [5.74, 6) is 1.47. The molecule has 2 rings (SSSR count). The lowest BCUT2D eigenvalue weighted by atomic mass is 10.2. The van der Waals surface area contributed by atoms with Crippen molar-refractivity contribution < 1.29 is 14.3 Å². The largest absolute Gasteiger partial charge is 0.497 e. The lowest BCUT2D eigenvalue weighted by molar-refractivity contribution is -0.127. The van der Waals surface area contributed by atoms with Gasteiger partial charge in [-0.1, -0.05) is 19.1 Å². The molecule has 8 nitrogen and oxygen atoms in total. The van der Waals surface area contributed by atoms with Crippen molar-refractivity contribution in [1.82, 2.24) is 20.4 Å². The number of amides is 1. The van der Waals surface area contributed by atoms with E-state index in [-0.39, 0.29) is 36.4 Å². The van der Waals surface area contributed by atoms with Crippen molar-refractivity contribution in [3.63, 3.8) is 0 Å². The number of nitrogens with zero attached hydrogens (tertiary/aromatic N) is 3. The molecule has 1 aromatic carbocycles. The molecule has 9 heteroatoms. The van der Waals surface area contributed by atoms with Crippen molar-refractivity contribution >= 4 is 35.8 Å². The number of aliphatic imine (C=N–C) groups is 1. The first-order valence-corrected chi connectivity index (χ1v) is 10.7. The fourth-order valence-electron chi connectivity index (χ4n) is 3.37. The first-order valence-electron chi connectivity index (χ1n) is 10.7. The average Bonchev–Trinajstić information content (AvgIpc) is 3.22. The van der Waals surface area contributed by atoms with Gasteiger partial charge in [-0.25, -0.2) is 4.99 Å². The second-order valence-electron chi connectivity index (χ2n) is 7.59. The summed E-state index contributed by atoms with van der Waals surface area (Å²) in [4.78, 5) is 20.4. The number of hydrogen-bond donors (Lipinski definition) is 2. The molecule has 0 aromatic heterocycles. The summed E-state index contributed by atoms with van der Waals surface area (Å²) in [6.07, 6.45) is 2.42. The number of guanidine groups is 1. The zero-order valence-electron chi connectivity index (χ0n) is 19.2. The molecule has 1 aliphatic rings. The molecule has 0 aliphatic carbocycles. The maximum Gasteiger partial charge on any atom is 0.243 e. The third-order valence-corrected chi connectivity index (χ3v) is 5.25. The SMILES string of the molecule is CCN1CCCC1CNC(=NCC(=O)N(C)C)NCCOCc1ccc(OC)cc1.I. The van der Waals surface area contributed by atoms with Gasteiger partial charge >= 0.3 is 0 Å². The Kier molecular flexibility index (Phi) is 13.5. The number of benzene rings is 1. The van der Waals surface area contributed by atoms with E-state index >= 15 is 0 Å². The van der Waals surface area contributed by atoms with E-state index in [1.807, 2.05) is 24.3 Å². The minimum absolute atomic E-state index is 0. The fraction of sp³-hybridized carbons (Fsp3) is 0.636. The van der Waals surface area contributed by atoms with Crippen LogP contribution in [0.25, 0.3) is 0 Å². The Hall–Kier alpha value is -1.59. The summed E-state index contributed by atoms with van der Waals surface area (Å²) >= 11 is 0. The number of rotatable bonds is 11. The van der Waals surface area contributed by atoms with Gasteiger partial charge in [-0.15, -0.1) is 24.0 Å². The number of halogens is 1. The Labute approximate surface area is 203 Å². The number of ether oxygens (including phenoxy) is 2. The van der Waals surface area contributed by atoms with Crippen LogP contribution in [0.5, 0.6) is 5.75 Å². The summed E-state index contributed by atoms with van der Waals surface area (Å²) in [5, 5.41) is 6.68. The van der Waals surface area contributed by atoms with E-state index in [1.54, 1.807) is 26.1 Å². The maximum absolute atomic E-state index is 11.9. The number of hydrogen-bond acceptors (Lipinski definition) is 5. The molecular formula is C22H38IN5O3. The van der Waals surface area contributed by atoms with Crippen molar-refractivity contribution in [3.8, 4) is 5.75 Å². The second kappa shape index (κ2) is 15.3. The topological polar surface area (TPSA) is 78.4 Å². The monoisotopic (exact) mass is 547 g/mol. The Morgan fingerprint density at radius 2 is 2.00 bits per heavy atom. The highest BCUT2D eigenvalue weighted by Gasteiger charge is 2.22. The summed E-state index contributed by atoms with van der Waals surface area (Å²) in [6, 6.07) is 8.35. The number of likely N-dealkylation sites (tertiary alicyclic amines) is 1. The maximum atomic E-state index is 11.9. The van der Waals surface area contributed by atoms with Gasteiger partial charge in [0.15, 0.2) is 5.96 Å². The van der Waals surface area contributed by atoms with E-state index < -0.39 is 0 Å². The van der Waals surface area contributed by atoms with Gasteiger partial charge in [0, 0.05) is 33.2 Å². The van der Waals surface area contributed by atoms with Crippen LogP contribution in [0.15, 0.2) is 29.3 Å². The van der Waals surface area contributed by atoms with Crippen LogP contribution in [0.1, 0.15) is 25.3 Å². The molecule has 1 atom stereocenters. The molecule has 1 aromatic rings. The van der Waals surface area contributed by atoms with Gasteiger partial charge in [-0.3, -0.25) is 9.69 Å². The van der Waals surface area contributed by atoms with Crippen molar-refractivity contribution in [2.24, 2.45) is 4.99 Å². The van der Waals surface area contributed by atoms with Crippen molar-refractivity contribution in [2.75, 3.05) is 60.5 Å². The van der Waals surface area contributed by atoms with E-state index in [0.29, 0.717) is 31.8 Å². The fourth-order valence-corrected chi connectivity index (χ4v) is 3.37. The third-order valence-electron chi connectivity index (χ3n) is 5.25. The zero-order chi connectivity index (χ0) is 21.8. The minimum atomic E-state index is -0.0251. The summed E-state index contributed by atoms with van der Waals surface area (Å²) < 4.78 is 10.9. The predicted molar refractivity (Wildman–Crippen MR) is 135 cm³/mol. The molecule has 31 heavy (non-hydrogen) atoms. The molecule has 1 unspecified atom stereocenters. The first-order chi connectivity index (χ1) is 14.5. The van der Waals surface area contributed by atoms with Crippen LogP contribution in [0.3, 0.4) is 0 Å². The average molecular weight is 547 g/mol. The normalized spacial score (nSPS) is 16.5. The number of carbonyl (C=O) groups excluding carboxylic acids is 1. The summed E-state index contributed by atoms with van der Waals surface area (Å²) in [6.45, 7) is 7.05. The van der Waals surface area contributed by atoms with Gasteiger partial charge in [-0.05, 0) is 43.6 Å². The highest BCUT2D eigenvalue weighted by atomic mass is 127. The van der Waals surface area contributed by atoms with Crippen LogP contribution in [0.2, 0.25) is 0 Å². The van der Waals surface area contributed by atoms with Crippen LogP contribution < -0.4 is 15.4 Å². The lowest BCUT2D eigenvalue weighted by Gasteiger charge is -2.24. The summed E-state index contributed by atoms with van der Waals surface area (Å²) in [5.41, 5.74) is 1.10. The van der Waals surface area contributed by atoms with Crippen molar-refractivity contribution in [2.45, 2.75) is 32.4 Å². The molecule has 1 heterocycles. The van der Waals surface area contributed by atoms with Crippen molar-refractivity contribution in [3.05, 3.63) is 29.8 Å². The van der Waals surface area contributed by atoms with Gasteiger partial charge < -0.3 is 25.0 Å². The standard InChI is InChI=1S/C22H37N5O3.HI/c1-5-27-13-6-7-19(27)15-24-22(25-16-21(28)26(2)3)23-12-14-30-17-18-8-10-20(29-4)11-9-18;/h8-11,19H,5-7,12-17H2,1-4H3,(H2,23,24,25);1H. The van der Waals surface area contributed by atoms with Crippen LogP contribution in [0.4, 0.5) is 0 Å². The lowest BCUT2D eigenvalue weighted by Crippen LogP contribution is -2.46. The number of nitrogens with one attached hydrogen (secondary N) is 2. The molecule has 1 amide bonds. The van der Waals surface area contributed by atoms with Crippen LogP contribution in [-0.4, -0.2) is 88.2 Å². The molecule has 176 valence electrons. The van der Waals surface area contributed by atoms with Gasteiger partial charge in [0.05, 0.1) is 20.3 Å². The first kappa shape index (κ1) is 27.4. The molecule has 1 aliphatic heterocycles. The molecule has 0 bridgehead atoms. The van der Waals surface area contributed by atoms with Gasteiger partial charge in [0.2, 0.25) is 5.91 Å². The zero-order valence-corrected chi connectivity index (χ0v) is 21.6. The summed E-state index contributed by atoms with van der Waals surface area (Å²) in [7, 11) is 5.13. The molecule has 0 radical (unpaired) electrons. The van der Waals surface area contributed by atoms with E-state index in [1.165, 1.54) is 12.8 Å². The Morgan fingerprint density at radius 1 is 1.26 bits per heavy atom. The Bertz CT molecular complexity index is 670. The highest BCUT2D eigenvalue weighted by Crippen LogP contribution is 2.15. The van der Waals surface area contributed by atoms with E-state index in [4.69, 9.17) is 9.47 Å². The Morgan fingerprint density at radius 3 is 2.65 bits per heavy atom. The van der Waals surface area contributed by atoms with Crippen LogP contribution in [-0.2, 0) is 16.1 Å². The molecule has 2 N–H and O–H groups in total. The molecule has 0 spiro atoms. The van der Waals surface area contributed by atoms with Crippen LogP contribution in [0, 0.1) is 0 Å². The van der Waals surface area contributed by atoms with Crippen LogP contribution >= 0.6 is 24.0 Å². The number of methoxy groups -OCH3 is 1. The third kappa shape index (κ3) is 10.0. The van der Waals surface area contributed by atoms with Gasteiger partial charge in [0.25, 0.3) is 0 Å². The number of likely N-dealkylation sites (N-methyl/N-ethyl adjacent to an activating group) is 2. The van der Waals surface area contributed by atoms with Gasteiger partial charge in [-0.2, -0.15) is 0 Å². The van der Waals surface area contributed by atoms with Crippen molar-refractivity contribution in [1.29, 1.82) is 0 Å². The number of carbonyl (C=O) groups is 1. The van der Waals surface area contributed by atoms with E-state index in [0.717, 1.165) is 30.9 Å². The second-order valence-corrected chi connectivity index (χ2v) is 7.59. The molecule has 1 fully saturated rings. The Balaban J connectivity index is 0.00000480. The minimum Gasteiger partial charge on any atom is -0.497 e. The molecular weight excluding hydrogens is 509 g/mol. The smallest absolute Gasteiger partial charge is 0.243 e. The molecule has 1 saturated heterocycles.